The lowest BCUT2D eigenvalue weighted by molar-refractivity contribution is 0.174. The molecule has 5 nitrogen and oxygen atoms in total. The Balaban J connectivity index is 2.14. The largest absolute Gasteiger partial charge is 0.446 e. The Morgan fingerprint density at radius 2 is 1.83 bits per heavy atom. The van der Waals surface area contributed by atoms with Crippen molar-refractivity contribution in [1.82, 2.24) is 15.3 Å². The standard InChI is InChI=1S/C13H11N3O2/c17-12-16-13(9-18-12,10-5-2-1-3-6-10)11-14-7-4-8-15-11/h1-8H,9H2,(H,16,17). The molecule has 18 heavy (non-hydrogen) atoms. The van der Waals surface area contributed by atoms with Crippen LogP contribution in [0.4, 0.5) is 4.79 Å². The Labute approximate surface area is 104 Å². The Bertz CT molecular complexity index is 517. The van der Waals surface area contributed by atoms with Gasteiger partial charge in [-0.25, -0.2) is 14.8 Å². The van der Waals surface area contributed by atoms with E-state index in [0.717, 1.165) is 5.56 Å². The molecule has 5 heteroatoms. The molecule has 1 aromatic carbocycles. The highest BCUT2D eigenvalue weighted by molar-refractivity contribution is 5.72. The summed E-state index contributed by atoms with van der Waals surface area (Å²) >= 11 is 0. The Morgan fingerprint density at radius 1 is 1.11 bits per heavy atom. The van der Waals surface area contributed by atoms with Gasteiger partial charge in [-0.1, -0.05) is 30.3 Å². The van der Waals surface area contributed by atoms with Gasteiger partial charge in [0.25, 0.3) is 0 Å². The number of cyclic esters (lactones) is 1. The van der Waals surface area contributed by atoms with E-state index in [4.69, 9.17) is 4.74 Å². The molecule has 0 saturated carbocycles. The van der Waals surface area contributed by atoms with Crippen molar-refractivity contribution in [3.05, 3.63) is 60.2 Å². The topological polar surface area (TPSA) is 64.1 Å². The zero-order chi connectivity index (χ0) is 12.4. The number of carbonyl (C=O) groups excluding carboxylic acids is 1. The van der Waals surface area contributed by atoms with E-state index in [2.05, 4.69) is 15.3 Å². The summed E-state index contributed by atoms with van der Waals surface area (Å²) in [5.41, 5.74) is 0.113. The number of ether oxygens (including phenoxy) is 1. The van der Waals surface area contributed by atoms with Gasteiger partial charge >= 0.3 is 6.09 Å². The predicted molar refractivity (Wildman–Crippen MR) is 63.7 cm³/mol. The third kappa shape index (κ3) is 1.60. The summed E-state index contributed by atoms with van der Waals surface area (Å²) < 4.78 is 5.05. The van der Waals surface area contributed by atoms with Gasteiger partial charge < -0.3 is 10.1 Å². The lowest BCUT2D eigenvalue weighted by Crippen LogP contribution is -2.43. The second kappa shape index (κ2) is 4.10. The summed E-state index contributed by atoms with van der Waals surface area (Å²) in [5, 5.41) is 2.81. The van der Waals surface area contributed by atoms with E-state index in [-0.39, 0.29) is 6.61 Å². The molecule has 1 atom stereocenters. The number of alkyl carbamates (subject to hydrolysis) is 1. The average Bonchev–Trinajstić information content (AvgIpc) is 2.84. The maximum Gasteiger partial charge on any atom is 0.408 e. The average molecular weight is 241 g/mol. The van der Waals surface area contributed by atoms with E-state index in [1.54, 1.807) is 18.5 Å². The van der Waals surface area contributed by atoms with E-state index in [9.17, 15) is 4.79 Å². The third-order valence-electron chi connectivity index (χ3n) is 2.95. The monoisotopic (exact) mass is 241 g/mol. The van der Waals surface area contributed by atoms with Gasteiger partial charge in [-0.05, 0) is 11.6 Å². The highest BCUT2D eigenvalue weighted by Gasteiger charge is 2.45. The second-order valence-electron chi connectivity index (χ2n) is 4.04. The molecule has 1 aliphatic heterocycles. The lowest BCUT2D eigenvalue weighted by Gasteiger charge is -2.25. The normalized spacial score (nSPS) is 22.3. The van der Waals surface area contributed by atoms with E-state index in [1.807, 2.05) is 30.3 Å². The SMILES string of the molecule is O=C1NC(c2ccccc2)(c2ncccn2)CO1. The molecular weight excluding hydrogens is 230 g/mol. The van der Waals surface area contributed by atoms with Crippen molar-refractivity contribution in [3.8, 4) is 0 Å². The fourth-order valence-corrected chi connectivity index (χ4v) is 2.07. The molecule has 90 valence electrons. The van der Waals surface area contributed by atoms with Crippen LogP contribution in [0.5, 0.6) is 0 Å². The first-order valence-corrected chi connectivity index (χ1v) is 5.59. The van der Waals surface area contributed by atoms with Gasteiger partial charge in [0.05, 0.1) is 0 Å². The van der Waals surface area contributed by atoms with Gasteiger partial charge in [-0.15, -0.1) is 0 Å². The van der Waals surface area contributed by atoms with Crippen LogP contribution in [0.1, 0.15) is 11.4 Å². The molecule has 0 aliphatic carbocycles. The number of amides is 1. The summed E-state index contributed by atoms with van der Waals surface area (Å²) in [6, 6.07) is 11.3. The first-order chi connectivity index (χ1) is 8.81. The van der Waals surface area contributed by atoms with Crippen LogP contribution in [0.25, 0.3) is 0 Å². The van der Waals surface area contributed by atoms with E-state index >= 15 is 0 Å². The highest BCUT2D eigenvalue weighted by atomic mass is 16.6. The number of benzene rings is 1. The number of nitrogens with one attached hydrogen (secondary N) is 1. The second-order valence-corrected chi connectivity index (χ2v) is 4.04. The number of aromatic nitrogens is 2. The highest BCUT2D eigenvalue weighted by Crippen LogP contribution is 2.30. The molecule has 0 bridgehead atoms. The summed E-state index contributed by atoms with van der Waals surface area (Å²) in [6.45, 7) is 0.194. The van der Waals surface area contributed by atoms with Gasteiger partial charge in [0.2, 0.25) is 0 Å². The zero-order valence-electron chi connectivity index (χ0n) is 9.54. The van der Waals surface area contributed by atoms with E-state index in [1.165, 1.54) is 0 Å². The third-order valence-corrected chi connectivity index (χ3v) is 2.95. The molecule has 2 aromatic rings. The minimum Gasteiger partial charge on any atom is -0.446 e. The van der Waals surface area contributed by atoms with Crippen LogP contribution in [-0.4, -0.2) is 22.7 Å². The summed E-state index contributed by atoms with van der Waals surface area (Å²) in [6.07, 6.45) is 2.85. The van der Waals surface area contributed by atoms with Gasteiger partial charge in [0.1, 0.15) is 6.61 Å². The fraction of sp³-hybridized carbons (Fsp3) is 0.154. The summed E-state index contributed by atoms with van der Waals surface area (Å²) in [5.74, 6) is 0.530. The van der Waals surface area contributed by atoms with Gasteiger partial charge in [-0.2, -0.15) is 0 Å². The predicted octanol–water partition coefficient (Wildman–Crippen LogP) is 1.46. The minimum atomic E-state index is -0.792. The van der Waals surface area contributed by atoms with Crippen molar-refractivity contribution in [2.24, 2.45) is 0 Å². The van der Waals surface area contributed by atoms with Crippen LogP contribution in [0.15, 0.2) is 48.8 Å². The lowest BCUT2D eigenvalue weighted by atomic mass is 9.90. The quantitative estimate of drug-likeness (QED) is 0.864. The molecule has 0 radical (unpaired) electrons. The van der Waals surface area contributed by atoms with Crippen LogP contribution >= 0.6 is 0 Å². The Morgan fingerprint density at radius 3 is 2.44 bits per heavy atom. The Kier molecular flexibility index (Phi) is 2.44. The maximum atomic E-state index is 11.4. The fourth-order valence-electron chi connectivity index (χ4n) is 2.07. The Hall–Kier alpha value is -2.43. The molecule has 0 spiro atoms. The van der Waals surface area contributed by atoms with E-state index < -0.39 is 11.6 Å². The molecule has 1 unspecified atom stereocenters. The van der Waals surface area contributed by atoms with Gasteiger partial charge in [-0.3, -0.25) is 0 Å². The van der Waals surface area contributed by atoms with Crippen LogP contribution in [0, 0.1) is 0 Å². The van der Waals surface area contributed by atoms with Crippen LogP contribution in [0.3, 0.4) is 0 Å². The van der Waals surface area contributed by atoms with Crippen molar-refractivity contribution < 1.29 is 9.53 Å². The van der Waals surface area contributed by atoms with Crippen molar-refractivity contribution in [1.29, 1.82) is 0 Å². The smallest absolute Gasteiger partial charge is 0.408 e. The first kappa shape index (κ1) is 10.7. The summed E-state index contributed by atoms with van der Waals surface area (Å²) in [4.78, 5) is 19.9. The number of rotatable bonds is 2. The number of carbonyl (C=O) groups is 1. The van der Waals surface area contributed by atoms with Crippen molar-refractivity contribution >= 4 is 6.09 Å². The maximum absolute atomic E-state index is 11.4. The van der Waals surface area contributed by atoms with Crippen molar-refractivity contribution in [2.45, 2.75) is 5.54 Å². The van der Waals surface area contributed by atoms with Crippen molar-refractivity contribution in [2.75, 3.05) is 6.61 Å². The van der Waals surface area contributed by atoms with Crippen LogP contribution in [0.2, 0.25) is 0 Å². The molecule has 1 aliphatic rings. The minimum absolute atomic E-state index is 0.194. The molecule has 1 amide bonds. The molecule has 2 heterocycles. The number of nitrogens with zero attached hydrogens (tertiary/aromatic N) is 2. The number of hydrogen-bond acceptors (Lipinski definition) is 4. The van der Waals surface area contributed by atoms with Crippen LogP contribution in [-0.2, 0) is 10.3 Å². The molecule has 1 N–H and O–H groups in total. The summed E-state index contributed by atoms with van der Waals surface area (Å²) in [7, 11) is 0. The number of hydrogen-bond donors (Lipinski definition) is 1. The molecule has 1 saturated heterocycles. The van der Waals surface area contributed by atoms with Crippen LogP contribution < -0.4 is 5.32 Å². The molecular formula is C13H11N3O2. The molecule has 1 fully saturated rings. The molecule has 3 rings (SSSR count). The first-order valence-electron chi connectivity index (χ1n) is 5.59. The van der Waals surface area contributed by atoms with E-state index in [0.29, 0.717) is 5.82 Å². The van der Waals surface area contributed by atoms with Crippen molar-refractivity contribution in [3.63, 3.8) is 0 Å². The molecule has 1 aromatic heterocycles. The van der Waals surface area contributed by atoms with Gasteiger partial charge in [0, 0.05) is 12.4 Å². The zero-order valence-corrected chi connectivity index (χ0v) is 9.54. The van der Waals surface area contributed by atoms with Gasteiger partial charge in [0.15, 0.2) is 11.4 Å².